The van der Waals surface area contributed by atoms with Gasteiger partial charge in [-0.25, -0.2) is 0 Å². The van der Waals surface area contributed by atoms with Crippen LogP contribution in [0, 0.1) is 3.57 Å². The second-order valence-corrected chi connectivity index (χ2v) is 4.59. The first-order chi connectivity index (χ1) is 6.67. The second-order valence-electron chi connectivity index (χ2n) is 2.58. The highest BCUT2D eigenvalue weighted by Crippen LogP contribution is 2.22. The van der Waals surface area contributed by atoms with Gasteiger partial charge in [-0.2, -0.15) is 0 Å². The number of hydrogen-bond acceptors (Lipinski definition) is 1. The Kier molecular flexibility index (Phi) is 4.67. The number of hydrogen-bond donors (Lipinski definition) is 2. The molecule has 0 unspecified atom stereocenters. The van der Waals surface area contributed by atoms with E-state index in [9.17, 15) is 0 Å². The third-order valence-corrected chi connectivity index (χ3v) is 3.97. The van der Waals surface area contributed by atoms with Gasteiger partial charge in [0.25, 0.3) is 0 Å². The molecule has 76 valence electrons. The topological polar surface area (TPSA) is 36.4 Å². The van der Waals surface area contributed by atoms with Gasteiger partial charge in [-0.1, -0.05) is 0 Å². The van der Waals surface area contributed by atoms with Crippen LogP contribution in [-0.2, 0) is 0 Å². The predicted molar refractivity (Wildman–Crippen MR) is 72.9 cm³/mol. The molecular weight excluding hydrogens is 357 g/mol. The highest BCUT2D eigenvalue weighted by Gasteiger charge is 1.99. The van der Waals surface area contributed by atoms with E-state index in [1.807, 2.05) is 25.2 Å². The molecule has 0 radical (unpaired) electrons. The Hall–Kier alpha value is -0.300. The minimum absolute atomic E-state index is 0.753. The molecule has 3 nitrogen and oxygen atoms in total. The molecule has 1 aromatic carbocycles. The van der Waals surface area contributed by atoms with Gasteiger partial charge in [-0.3, -0.25) is 4.99 Å². The van der Waals surface area contributed by atoms with Gasteiger partial charge in [0.2, 0.25) is 0 Å². The first-order valence-electron chi connectivity index (χ1n) is 4.04. The Morgan fingerprint density at radius 1 is 1.50 bits per heavy atom. The van der Waals surface area contributed by atoms with Crippen molar-refractivity contribution in [2.75, 3.05) is 19.4 Å². The summed E-state index contributed by atoms with van der Waals surface area (Å²) in [6, 6.07) is 6.05. The molecule has 14 heavy (non-hydrogen) atoms. The lowest BCUT2D eigenvalue weighted by Gasteiger charge is -2.09. The zero-order chi connectivity index (χ0) is 10.6. The van der Waals surface area contributed by atoms with Crippen molar-refractivity contribution in [3.63, 3.8) is 0 Å². The number of aliphatic imine (C=N–C) groups is 1. The molecule has 0 aromatic heterocycles. The fraction of sp³-hybridized carbons (Fsp3) is 0.222. The molecule has 0 saturated carbocycles. The summed E-state index contributed by atoms with van der Waals surface area (Å²) in [4.78, 5) is 4.03. The lowest BCUT2D eigenvalue weighted by atomic mass is 10.3. The Morgan fingerprint density at radius 2 is 2.21 bits per heavy atom. The summed E-state index contributed by atoms with van der Waals surface area (Å²) >= 11 is 5.72. The average Bonchev–Trinajstić information content (AvgIpc) is 2.19. The Morgan fingerprint density at radius 3 is 2.71 bits per heavy atom. The summed E-state index contributed by atoms with van der Waals surface area (Å²) in [5.41, 5.74) is 1.02. The van der Waals surface area contributed by atoms with Crippen LogP contribution >= 0.6 is 38.5 Å². The van der Waals surface area contributed by atoms with E-state index in [1.165, 1.54) is 3.57 Å². The molecule has 0 saturated heterocycles. The molecule has 0 heterocycles. The Balaban J connectivity index is 2.82. The number of anilines is 1. The van der Waals surface area contributed by atoms with E-state index >= 15 is 0 Å². The number of rotatable bonds is 1. The highest BCUT2D eigenvalue weighted by molar-refractivity contribution is 14.1. The summed E-state index contributed by atoms with van der Waals surface area (Å²) in [6.45, 7) is 0. The predicted octanol–water partition coefficient (Wildman–Crippen LogP) is 2.67. The fourth-order valence-electron chi connectivity index (χ4n) is 0.941. The number of guanidine groups is 1. The molecule has 0 aliphatic carbocycles. The zero-order valence-electron chi connectivity index (χ0n) is 7.94. The van der Waals surface area contributed by atoms with Gasteiger partial charge >= 0.3 is 0 Å². The van der Waals surface area contributed by atoms with Crippen molar-refractivity contribution in [3.05, 3.63) is 26.2 Å². The lowest BCUT2D eigenvalue weighted by molar-refractivity contribution is 1.14. The van der Waals surface area contributed by atoms with Gasteiger partial charge in [0.1, 0.15) is 0 Å². The van der Waals surface area contributed by atoms with Gasteiger partial charge in [-0.15, -0.1) is 0 Å². The van der Waals surface area contributed by atoms with E-state index in [0.29, 0.717) is 0 Å². The van der Waals surface area contributed by atoms with Crippen molar-refractivity contribution in [3.8, 4) is 0 Å². The molecule has 0 aliphatic rings. The second kappa shape index (κ2) is 5.55. The summed E-state index contributed by atoms with van der Waals surface area (Å²) in [5.74, 6) is 0.753. The number of benzene rings is 1. The smallest absolute Gasteiger partial charge is 0.195 e. The minimum Gasteiger partial charge on any atom is -0.359 e. The quantitative estimate of drug-likeness (QED) is 0.455. The maximum atomic E-state index is 4.03. The highest BCUT2D eigenvalue weighted by atomic mass is 127. The van der Waals surface area contributed by atoms with E-state index in [-0.39, 0.29) is 0 Å². The van der Waals surface area contributed by atoms with Gasteiger partial charge in [0.15, 0.2) is 5.96 Å². The van der Waals surface area contributed by atoms with E-state index in [4.69, 9.17) is 0 Å². The van der Waals surface area contributed by atoms with Crippen molar-refractivity contribution in [1.82, 2.24) is 5.32 Å². The molecule has 1 aromatic rings. The van der Waals surface area contributed by atoms with E-state index in [0.717, 1.165) is 16.1 Å². The van der Waals surface area contributed by atoms with Crippen LogP contribution in [0.25, 0.3) is 0 Å². The van der Waals surface area contributed by atoms with Crippen LogP contribution in [0.3, 0.4) is 0 Å². The molecule has 1 rings (SSSR count). The number of nitrogens with zero attached hydrogens (tertiary/aromatic N) is 1. The normalized spacial score (nSPS) is 11.3. The summed E-state index contributed by atoms with van der Waals surface area (Å²) in [6.07, 6.45) is 0. The third-order valence-electron chi connectivity index (χ3n) is 1.64. The third kappa shape index (κ3) is 3.13. The monoisotopic (exact) mass is 367 g/mol. The zero-order valence-corrected chi connectivity index (χ0v) is 11.7. The SMILES string of the molecule is CN=C(NC)Nc1ccc(Br)c(I)c1. The molecular formula is C9H11BrIN3. The lowest BCUT2D eigenvalue weighted by Crippen LogP contribution is -2.26. The fourth-order valence-corrected chi connectivity index (χ4v) is 1.70. The van der Waals surface area contributed by atoms with Crippen molar-refractivity contribution in [2.24, 2.45) is 4.99 Å². The number of nitrogens with one attached hydrogen (secondary N) is 2. The van der Waals surface area contributed by atoms with Crippen molar-refractivity contribution < 1.29 is 0 Å². The van der Waals surface area contributed by atoms with Crippen LogP contribution in [0.2, 0.25) is 0 Å². The maximum Gasteiger partial charge on any atom is 0.195 e. The van der Waals surface area contributed by atoms with E-state index in [2.05, 4.69) is 54.1 Å². The molecule has 5 heteroatoms. The van der Waals surface area contributed by atoms with E-state index < -0.39 is 0 Å². The molecule has 0 fully saturated rings. The maximum absolute atomic E-state index is 4.03. The molecule has 0 atom stereocenters. The van der Waals surface area contributed by atoms with Crippen LogP contribution in [-0.4, -0.2) is 20.1 Å². The van der Waals surface area contributed by atoms with Gasteiger partial charge in [0.05, 0.1) is 0 Å². The minimum atomic E-state index is 0.753. The van der Waals surface area contributed by atoms with Crippen molar-refractivity contribution in [1.29, 1.82) is 0 Å². The van der Waals surface area contributed by atoms with Crippen LogP contribution in [0.15, 0.2) is 27.7 Å². The molecule has 2 N–H and O–H groups in total. The summed E-state index contributed by atoms with van der Waals surface area (Å²) in [7, 11) is 3.57. The first-order valence-corrected chi connectivity index (χ1v) is 5.91. The molecule has 0 amide bonds. The summed E-state index contributed by atoms with van der Waals surface area (Å²) < 4.78 is 2.27. The first kappa shape index (κ1) is 11.8. The van der Waals surface area contributed by atoms with E-state index in [1.54, 1.807) is 7.05 Å². The van der Waals surface area contributed by atoms with Crippen LogP contribution in [0.5, 0.6) is 0 Å². The standard InChI is InChI=1S/C9H11BrIN3/c1-12-9(13-2)14-6-3-4-7(10)8(11)5-6/h3-5H,1-2H3,(H2,12,13,14). The summed E-state index contributed by atoms with van der Waals surface area (Å²) in [5, 5.41) is 6.12. The van der Waals surface area contributed by atoms with Gasteiger partial charge < -0.3 is 10.6 Å². The van der Waals surface area contributed by atoms with Gasteiger partial charge in [-0.05, 0) is 56.7 Å². The van der Waals surface area contributed by atoms with Crippen molar-refractivity contribution >= 4 is 50.2 Å². The van der Waals surface area contributed by atoms with Crippen molar-refractivity contribution in [2.45, 2.75) is 0 Å². The Bertz CT molecular complexity index is 352. The Labute approximate surface area is 106 Å². The molecule has 0 bridgehead atoms. The largest absolute Gasteiger partial charge is 0.359 e. The number of halogens is 2. The van der Waals surface area contributed by atoms with Crippen LogP contribution < -0.4 is 10.6 Å². The molecule has 0 spiro atoms. The average molecular weight is 368 g/mol. The molecule has 0 aliphatic heterocycles. The van der Waals surface area contributed by atoms with Crippen LogP contribution in [0.1, 0.15) is 0 Å². The van der Waals surface area contributed by atoms with Gasteiger partial charge in [0, 0.05) is 27.8 Å². The van der Waals surface area contributed by atoms with Crippen LogP contribution in [0.4, 0.5) is 5.69 Å².